The summed E-state index contributed by atoms with van der Waals surface area (Å²) in [5, 5.41) is 0. The Morgan fingerprint density at radius 3 is 2.62 bits per heavy atom. The number of benzene rings is 2. The van der Waals surface area contributed by atoms with Gasteiger partial charge in [0.25, 0.3) is 0 Å². The van der Waals surface area contributed by atoms with E-state index in [1.807, 2.05) is 18.7 Å². The van der Waals surface area contributed by atoms with Crippen molar-refractivity contribution < 1.29 is 0 Å². The topological polar surface area (TPSA) is 17.8 Å². The van der Waals surface area contributed by atoms with Crippen LogP contribution in [0.15, 0.2) is 72.8 Å². The maximum Gasteiger partial charge on any atom is 0.0948 e. The molecule has 0 saturated carbocycles. The van der Waals surface area contributed by atoms with Gasteiger partial charge in [-0.3, -0.25) is 0 Å². The van der Waals surface area contributed by atoms with Gasteiger partial charge in [0, 0.05) is 18.9 Å². The van der Waals surface area contributed by atoms with E-state index in [1.54, 1.807) is 0 Å². The number of aryl methyl sites for hydroxylation is 3. The second-order valence-corrected chi connectivity index (χ2v) is 6.38. The molecule has 0 spiro atoms. The maximum absolute atomic E-state index is 4.17. The third-order valence-corrected chi connectivity index (χ3v) is 4.31. The minimum absolute atomic E-state index is 0.889. The zero-order valence-corrected chi connectivity index (χ0v) is 14.4. The second-order valence-electron chi connectivity index (χ2n) is 6.38. The molecule has 2 heteroatoms. The van der Waals surface area contributed by atoms with Crippen LogP contribution in [0.4, 0.5) is 0 Å². The van der Waals surface area contributed by atoms with Gasteiger partial charge in [-0.1, -0.05) is 60.2 Å². The maximum atomic E-state index is 4.17. The van der Waals surface area contributed by atoms with E-state index in [0.717, 1.165) is 19.4 Å². The first-order valence-electron chi connectivity index (χ1n) is 8.47. The van der Waals surface area contributed by atoms with Crippen LogP contribution in [-0.2, 0) is 13.0 Å². The van der Waals surface area contributed by atoms with Crippen molar-refractivity contribution >= 4 is 6.08 Å². The molecule has 0 aliphatic carbocycles. The Hall–Kier alpha value is -2.61. The number of nitrogens with zero attached hydrogens (tertiary/aromatic N) is 2. The van der Waals surface area contributed by atoms with Crippen molar-refractivity contribution in [3.63, 3.8) is 0 Å². The largest absolute Gasteiger partial charge is 0.333 e. The van der Waals surface area contributed by atoms with Crippen molar-refractivity contribution in [2.45, 2.75) is 33.2 Å². The lowest BCUT2D eigenvalue weighted by molar-refractivity contribution is 0.742. The molecule has 1 aromatic heterocycles. The molecule has 0 fully saturated rings. The van der Waals surface area contributed by atoms with Gasteiger partial charge in [-0.15, -0.1) is 0 Å². The fourth-order valence-electron chi connectivity index (χ4n) is 2.97. The summed E-state index contributed by atoms with van der Waals surface area (Å²) in [6.07, 6.45) is 10.2. The lowest BCUT2D eigenvalue weighted by Gasteiger charge is -2.11. The quantitative estimate of drug-likeness (QED) is 0.610. The first kappa shape index (κ1) is 16.3. The van der Waals surface area contributed by atoms with E-state index in [1.165, 1.54) is 27.8 Å². The highest BCUT2D eigenvalue weighted by Gasteiger charge is 2.03. The normalized spacial score (nSPS) is 11.7. The van der Waals surface area contributed by atoms with Gasteiger partial charge in [0.15, 0.2) is 0 Å². The molecule has 122 valence electrons. The summed E-state index contributed by atoms with van der Waals surface area (Å²) in [5.41, 5.74) is 6.75. The zero-order chi connectivity index (χ0) is 16.8. The van der Waals surface area contributed by atoms with Crippen LogP contribution in [0.5, 0.6) is 0 Å². The lowest BCUT2D eigenvalue weighted by Crippen LogP contribution is -2.01. The third-order valence-electron chi connectivity index (χ3n) is 4.31. The molecule has 0 atom stereocenters. The average molecular weight is 316 g/mol. The van der Waals surface area contributed by atoms with Crippen LogP contribution in [-0.4, -0.2) is 9.55 Å². The third kappa shape index (κ3) is 4.45. The highest BCUT2D eigenvalue weighted by molar-refractivity contribution is 5.57. The second kappa shape index (κ2) is 7.78. The molecule has 2 nitrogen and oxygen atoms in total. The number of hydrogen-bond donors (Lipinski definition) is 0. The van der Waals surface area contributed by atoms with Crippen molar-refractivity contribution in [2.75, 3.05) is 0 Å². The highest BCUT2D eigenvalue weighted by atomic mass is 15.0. The number of imidazole rings is 1. The summed E-state index contributed by atoms with van der Waals surface area (Å²) in [6.45, 7) is 5.22. The molecule has 0 amide bonds. The zero-order valence-electron chi connectivity index (χ0n) is 14.4. The van der Waals surface area contributed by atoms with Crippen LogP contribution in [0.25, 0.3) is 6.08 Å². The van der Waals surface area contributed by atoms with E-state index in [4.69, 9.17) is 0 Å². The molecule has 0 radical (unpaired) electrons. The van der Waals surface area contributed by atoms with Crippen LogP contribution in [0.3, 0.4) is 0 Å². The Kier molecular flexibility index (Phi) is 5.27. The number of hydrogen-bond acceptors (Lipinski definition) is 1. The van der Waals surface area contributed by atoms with E-state index < -0.39 is 0 Å². The van der Waals surface area contributed by atoms with Gasteiger partial charge in [-0.05, 0) is 49.0 Å². The standard InChI is InChI=1S/C22H24N2/c1-18-8-11-22(19(2)14-18)15-21(16-24-13-12-23-17-24)10-9-20-6-4-3-5-7-20/h3-8,11-15,17H,9-10,16H2,1-2H3/b21-15-. The summed E-state index contributed by atoms with van der Waals surface area (Å²) >= 11 is 0. The molecule has 0 bridgehead atoms. The summed E-state index contributed by atoms with van der Waals surface area (Å²) in [5.74, 6) is 0. The first-order chi connectivity index (χ1) is 11.7. The van der Waals surface area contributed by atoms with Gasteiger partial charge >= 0.3 is 0 Å². The number of aromatic nitrogens is 2. The van der Waals surface area contributed by atoms with E-state index in [2.05, 4.69) is 78.0 Å². The SMILES string of the molecule is Cc1ccc(/C=C(/CCc2ccccc2)Cn2ccnc2)c(C)c1. The van der Waals surface area contributed by atoms with Gasteiger partial charge in [0.05, 0.1) is 6.33 Å². The van der Waals surface area contributed by atoms with Gasteiger partial charge in [-0.2, -0.15) is 0 Å². The summed E-state index contributed by atoms with van der Waals surface area (Å²) in [4.78, 5) is 4.17. The van der Waals surface area contributed by atoms with Gasteiger partial charge in [-0.25, -0.2) is 4.98 Å². The Bertz CT molecular complexity index is 799. The molecule has 24 heavy (non-hydrogen) atoms. The lowest BCUT2D eigenvalue weighted by atomic mass is 9.99. The van der Waals surface area contributed by atoms with E-state index in [0.29, 0.717) is 0 Å². The molecule has 0 unspecified atom stereocenters. The molecule has 3 rings (SSSR count). The Morgan fingerprint density at radius 2 is 1.92 bits per heavy atom. The van der Waals surface area contributed by atoms with Crippen LogP contribution < -0.4 is 0 Å². The minimum atomic E-state index is 0.889. The molecular formula is C22H24N2. The molecular weight excluding hydrogens is 292 g/mol. The number of rotatable bonds is 6. The molecule has 0 aliphatic rings. The van der Waals surface area contributed by atoms with E-state index >= 15 is 0 Å². The van der Waals surface area contributed by atoms with Crippen LogP contribution in [0.2, 0.25) is 0 Å². The van der Waals surface area contributed by atoms with E-state index in [-0.39, 0.29) is 0 Å². The van der Waals surface area contributed by atoms with Crippen molar-refractivity contribution in [1.82, 2.24) is 9.55 Å². The van der Waals surface area contributed by atoms with Gasteiger partial charge < -0.3 is 4.57 Å². The van der Waals surface area contributed by atoms with Crippen LogP contribution in [0.1, 0.15) is 28.7 Å². The predicted molar refractivity (Wildman–Crippen MR) is 101 cm³/mol. The Labute approximate surface area is 144 Å². The van der Waals surface area contributed by atoms with Crippen molar-refractivity contribution in [3.8, 4) is 0 Å². The molecule has 0 saturated heterocycles. The van der Waals surface area contributed by atoms with Crippen molar-refractivity contribution in [3.05, 3.63) is 95.1 Å². The highest BCUT2D eigenvalue weighted by Crippen LogP contribution is 2.19. The summed E-state index contributed by atoms with van der Waals surface area (Å²) in [7, 11) is 0. The fraction of sp³-hybridized carbons (Fsp3) is 0.227. The molecule has 2 aromatic carbocycles. The summed E-state index contributed by atoms with van der Waals surface area (Å²) < 4.78 is 2.14. The van der Waals surface area contributed by atoms with Gasteiger partial charge in [0.1, 0.15) is 0 Å². The molecule has 0 aliphatic heterocycles. The summed E-state index contributed by atoms with van der Waals surface area (Å²) in [6, 6.07) is 17.3. The van der Waals surface area contributed by atoms with Crippen molar-refractivity contribution in [2.24, 2.45) is 0 Å². The monoisotopic (exact) mass is 316 g/mol. The average Bonchev–Trinajstić information content (AvgIpc) is 3.09. The smallest absolute Gasteiger partial charge is 0.0948 e. The molecule has 0 N–H and O–H groups in total. The van der Waals surface area contributed by atoms with Crippen LogP contribution in [0, 0.1) is 13.8 Å². The van der Waals surface area contributed by atoms with Crippen molar-refractivity contribution in [1.29, 1.82) is 0 Å². The fourth-order valence-corrected chi connectivity index (χ4v) is 2.97. The van der Waals surface area contributed by atoms with Crippen LogP contribution >= 0.6 is 0 Å². The minimum Gasteiger partial charge on any atom is -0.333 e. The number of allylic oxidation sites excluding steroid dienone is 1. The van der Waals surface area contributed by atoms with Gasteiger partial charge in [0.2, 0.25) is 0 Å². The molecule has 3 aromatic rings. The Balaban J connectivity index is 1.82. The predicted octanol–water partition coefficient (Wildman–Crippen LogP) is 5.22. The first-order valence-corrected chi connectivity index (χ1v) is 8.47. The molecule has 1 heterocycles. The van der Waals surface area contributed by atoms with E-state index in [9.17, 15) is 0 Å². The Morgan fingerprint density at radius 1 is 1.08 bits per heavy atom.